The molecule has 0 aliphatic rings. The summed E-state index contributed by atoms with van der Waals surface area (Å²) < 4.78 is 11.2. The third-order valence-corrected chi connectivity index (χ3v) is 6.90. The van der Waals surface area contributed by atoms with E-state index in [1.165, 1.54) is 7.11 Å². The SMILES string of the molecule is COC(=O)c1nc([C@@H](NC(=O)[C@H](Cc2ccccc2)NC(=O)[C@@H](O)C(C)C)C(C)C)oc1-c1c[nH]c2ccccc12. The highest BCUT2D eigenvalue weighted by Crippen LogP contribution is 2.35. The van der Waals surface area contributed by atoms with Crippen LogP contribution in [0.25, 0.3) is 22.2 Å². The summed E-state index contributed by atoms with van der Waals surface area (Å²) in [6.07, 6.45) is 0.666. The minimum atomic E-state index is -1.27. The van der Waals surface area contributed by atoms with Gasteiger partial charge in [0.05, 0.1) is 7.11 Å². The Kier molecular flexibility index (Phi) is 9.24. The Morgan fingerprint density at radius 3 is 2.29 bits per heavy atom. The smallest absolute Gasteiger partial charge is 0.360 e. The van der Waals surface area contributed by atoms with E-state index in [1.807, 2.05) is 68.4 Å². The first-order valence-corrected chi connectivity index (χ1v) is 13.6. The first kappa shape index (κ1) is 29.5. The number of H-pyrrole nitrogens is 1. The minimum absolute atomic E-state index is 0.0126. The minimum Gasteiger partial charge on any atom is -0.464 e. The van der Waals surface area contributed by atoms with E-state index in [2.05, 4.69) is 20.6 Å². The number of ether oxygens (including phenoxy) is 1. The first-order valence-electron chi connectivity index (χ1n) is 13.6. The first-order chi connectivity index (χ1) is 19.6. The fraction of sp³-hybridized carbons (Fsp3) is 0.355. The molecule has 0 saturated heterocycles. The third kappa shape index (κ3) is 6.66. The van der Waals surface area contributed by atoms with Gasteiger partial charge >= 0.3 is 5.97 Å². The Hall–Kier alpha value is -4.44. The zero-order valence-corrected chi connectivity index (χ0v) is 23.8. The number of nitrogens with one attached hydrogen (secondary N) is 3. The van der Waals surface area contributed by atoms with Crippen LogP contribution in [0.2, 0.25) is 0 Å². The Bertz CT molecular complexity index is 1510. The van der Waals surface area contributed by atoms with E-state index in [0.717, 1.165) is 16.5 Å². The van der Waals surface area contributed by atoms with Crippen molar-refractivity contribution in [2.24, 2.45) is 11.8 Å². The normalized spacial score (nSPS) is 13.7. The van der Waals surface area contributed by atoms with Gasteiger partial charge in [0.1, 0.15) is 18.2 Å². The molecule has 10 nitrogen and oxygen atoms in total. The molecule has 0 radical (unpaired) electrons. The van der Waals surface area contributed by atoms with E-state index in [4.69, 9.17) is 9.15 Å². The van der Waals surface area contributed by atoms with Gasteiger partial charge < -0.3 is 29.9 Å². The number of rotatable bonds is 11. The number of hydrogen-bond donors (Lipinski definition) is 4. The molecule has 2 aromatic heterocycles. The number of aromatic nitrogens is 2. The van der Waals surface area contributed by atoms with Crippen molar-refractivity contribution in [2.45, 2.75) is 52.3 Å². The van der Waals surface area contributed by atoms with Crippen molar-refractivity contribution in [3.63, 3.8) is 0 Å². The van der Waals surface area contributed by atoms with Crippen LogP contribution < -0.4 is 10.6 Å². The number of para-hydroxylation sites is 1. The van der Waals surface area contributed by atoms with E-state index in [0.29, 0.717) is 5.56 Å². The molecule has 0 bridgehead atoms. The number of benzene rings is 2. The molecule has 10 heteroatoms. The van der Waals surface area contributed by atoms with Crippen molar-refractivity contribution < 1.29 is 28.6 Å². The zero-order valence-electron chi connectivity index (χ0n) is 23.8. The summed E-state index contributed by atoms with van der Waals surface area (Å²) in [5, 5.41) is 16.8. The zero-order chi connectivity index (χ0) is 29.7. The van der Waals surface area contributed by atoms with Gasteiger partial charge in [-0.1, -0.05) is 76.2 Å². The highest BCUT2D eigenvalue weighted by atomic mass is 16.5. The highest BCUT2D eigenvalue weighted by Gasteiger charge is 2.33. The number of aromatic amines is 1. The maximum Gasteiger partial charge on any atom is 0.360 e. The molecular formula is C31H36N4O6. The van der Waals surface area contributed by atoms with E-state index in [1.54, 1.807) is 20.0 Å². The number of carbonyl (C=O) groups is 3. The van der Waals surface area contributed by atoms with Crippen molar-refractivity contribution in [1.29, 1.82) is 0 Å². The van der Waals surface area contributed by atoms with Crippen molar-refractivity contribution in [2.75, 3.05) is 7.11 Å². The lowest BCUT2D eigenvalue weighted by Gasteiger charge is -2.25. The number of carbonyl (C=O) groups excluding carboxylic acids is 3. The van der Waals surface area contributed by atoms with Crippen molar-refractivity contribution in [3.05, 3.63) is 77.9 Å². The van der Waals surface area contributed by atoms with Gasteiger partial charge in [0.2, 0.25) is 17.7 Å². The van der Waals surface area contributed by atoms with Gasteiger partial charge in [-0.15, -0.1) is 0 Å². The van der Waals surface area contributed by atoms with Crippen LogP contribution in [0, 0.1) is 11.8 Å². The lowest BCUT2D eigenvalue weighted by atomic mass is 10.0. The van der Waals surface area contributed by atoms with Crippen LogP contribution in [0.1, 0.15) is 55.7 Å². The lowest BCUT2D eigenvalue weighted by molar-refractivity contribution is -0.135. The maximum atomic E-state index is 13.7. The number of amides is 2. The van der Waals surface area contributed by atoms with Crippen LogP contribution in [-0.4, -0.2) is 52.1 Å². The summed E-state index contributed by atoms with van der Waals surface area (Å²) in [5.74, 6) is -1.98. The molecule has 2 amide bonds. The summed E-state index contributed by atoms with van der Waals surface area (Å²) in [5.41, 5.74) is 2.30. The Balaban J connectivity index is 1.68. The fourth-order valence-corrected chi connectivity index (χ4v) is 4.53. The molecule has 0 fully saturated rings. The van der Waals surface area contributed by atoms with Crippen molar-refractivity contribution >= 4 is 28.7 Å². The van der Waals surface area contributed by atoms with Gasteiger partial charge in [-0.05, 0) is 23.5 Å². The van der Waals surface area contributed by atoms with Gasteiger partial charge in [0.25, 0.3) is 0 Å². The molecule has 41 heavy (non-hydrogen) atoms. The van der Waals surface area contributed by atoms with Crippen LogP contribution in [0.15, 0.2) is 65.2 Å². The monoisotopic (exact) mass is 560 g/mol. The number of hydrogen-bond acceptors (Lipinski definition) is 7. The number of aliphatic hydroxyl groups excluding tert-OH is 1. The second-order valence-corrected chi connectivity index (χ2v) is 10.6. The largest absolute Gasteiger partial charge is 0.464 e. The molecule has 0 spiro atoms. The molecule has 2 heterocycles. The van der Waals surface area contributed by atoms with Gasteiger partial charge in [-0.2, -0.15) is 0 Å². The average molecular weight is 561 g/mol. The topological polar surface area (TPSA) is 147 Å². The van der Waals surface area contributed by atoms with Crippen molar-refractivity contribution in [1.82, 2.24) is 20.6 Å². The van der Waals surface area contributed by atoms with Crippen LogP contribution in [0.3, 0.4) is 0 Å². The summed E-state index contributed by atoms with van der Waals surface area (Å²) in [6.45, 7) is 7.20. The lowest BCUT2D eigenvalue weighted by Crippen LogP contribution is -2.52. The fourth-order valence-electron chi connectivity index (χ4n) is 4.53. The molecular weight excluding hydrogens is 524 g/mol. The molecule has 0 saturated carbocycles. The molecule has 4 N–H and O–H groups in total. The average Bonchev–Trinajstić information content (AvgIpc) is 3.59. The van der Waals surface area contributed by atoms with Crippen LogP contribution in [0.4, 0.5) is 0 Å². The number of fused-ring (bicyclic) bond motifs is 1. The summed E-state index contributed by atoms with van der Waals surface area (Å²) in [7, 11) is 1.26. The van der Waals surface area contributed by atoms with Gasteiger partial charge in [-0.25, -0.2) is 9.78 Å². The van der Waals surface area contributed by atoms with Gasteiger partial charge in [-0.3, -0.25) is 9.59 Å². The molecule has 4 aromatic rings. The molecule has 2 aromatic carbocycles. The second-order valence-electron chi connectivity index (χ2n) is 10.6. The molecule has 0 aliphatic carbocycles. The van der Waals surface area contributed by atoms with E-state index in [-0.39, 0.29) is 35.6 Å². The van der Waals surface area contributed by atoms with Crippen LogP contribution in [-0.2, 0) is 20.7 Å². The molecule has 0 aliphatic heterocycles. The van der Waals surface area contributed by atoms with Crippen LogP contribution >= 0.6 is 0 Å². The Labute approximate surface area is 238 Å². The molecule has 0 unspecified atom stereocenters. The number of oxazole rings is 1. The number of aliphatic hydroxyl groups is 1. The molecule has 4 rings (SSSR count). The van der Waals surface area contributed by atoms with Crippen LogP contribution in [0.5, 0.6) is 0 Å². The summed E-state index contributed by atoms with van der Waals surface area (Å²) >= 11 is 0. The Morgan fingerprint density at radius 1 is 0.951 bits per heavy atom. The van der Waals surface area contributed by atoms with Gasteiger partial charge in [0, 0.05) is 29.1 Å². The maximum absolute atomic E-state index is 13.7. The second kappa shape index (κ2) is 12.8. The number of methoxy groups -OCH3 is 1. The summed E-state index contributed by atoms with van der Waals surface area (Å²) in [6, 6.07) is 15.1. The van der Waals surface area contributed by atoms with Crippen molar-refractivity contribution in [3.8, 4) is 11.3 Å². The quantitative estimate of drug-likeness (QED) is 0.201. The number of esters is 1. The van der Waals surface area contributed by atoms with E-state index in [9.17, 15) is 19.5 Å². The Morgan fingerprint density at radius 2 is 1.63 bits per heavy atom. The molecule has 3 atom stereocenters. The summed E-state index contributed by atoms with van der Waals surface area (Å²) in [4.78, 5) is 46.8. The van der Waals surface area contributed by atoms with Gasteiger partial charge in [0.15, 0.2) is 11.5 Å². The van der Waals surface area contributed by atoms with E-state index >= 15 is 0 Å². The third-order valence-electron chi connectivity index (χ3n) is 6.90. The standard InChI is InChI=1S/C31H36N4O6/c1-17(2)24(34-28(37)23(15-19-11-7-6-8-12-19)33-29(38)26(36)18(3)4)30-35-25(31(39)40-5)27(41-30)21-16-32-22-14-10-9-13-20(21)22/h6-14,16-18,23-24,26,32,36H,15H2,1-5H3,(H,33,38)(H,34,37)/t23-,24-,26-/m0/s1. The predicted molar refractivity (Wildman–Crippen MR) is 154 cm³/mol. The molecule has 216 valence electrons. The predicted octanol–water partition coefficient (Wildman–Crippen LogP) is 4.17. The number of nitrogens with zero attached hydrogens (tertiary/aromatic N) is 1. The highest BCUT2D eigenvalue weighted by molar-refractivity contribution is 6.01. The van der Waals surface area contributed by atoms with E-state index < -0.39 is 36.0 Å².